The van der Waals surface area contributed by atoms with Crippen molar-refractivity contribution in [1.82, 2.24) is 0 Å². The van der Waals surface area contributed by atoms with Crippen LogP contribution in [0.5, 0.6) is 0 Å². The fraction of sp³-hybridized carbons (Fsp3) is 1.00. The van der Waals surface area contributed by atoms with Crippen LogP contribution in [0.3, 0.4) is 0 Å². The highest BCUT2D eigenvalue weighted by Crippen LogP contribution is 2.22. The summed E-state index contributed by atoms with van der Waals surface area (Å²) >= 11 is 0. The molecule has 4 N–H and O–H groups in total. The molecule has 0 aromatic heterocycles. The Morgan fingerprint density at radius 3 is 1.57 bits per heavy atom. The van der Waals surface area contributed by atoms with Gasteiger partial charge < -0.3 is 9.79 Å². The normalized spacial score (nSPS) is 16.4. The SMILES string of the molecule is CCCC.NC(O[PH](=O)O)O[PH](=O)O. The molecule has 2 atom stereocenters. The number of hydrogen-bond acceptors (Lipinski definition) is 5. The van der Waals surface area contributed by atoms with Gasteiger partial charge in [-0.15, -0.1) is 0 Å². The summed E-state index contributed by atoms with van der Waals surface area (Å²) in [7, 11) is -6.43. The fourth-order valence-electron chi connectivity index (χ4n) is 0.223. The van der Waals surface area contributed by atoms with Crippen molar-refractivity contribution >= 4 is 16.5 Å². The largest absolute Gasteiger partial charge is 0.326 e. The molecule has 0 aliphatic rings. The Balaban J connectivity index is 0. The van der Waals surface area contributed by atoms with E-state index in [1.807, 2.05) is 0 Å². The molecule has 0 aliphatic carbocycles. The maximum absolute atomic E-state index is 9.82. The average molecular weight is 249 g/mol. The van der Waals surface area contributed by atoms with E-state index in [1.165, 1.54) is 12.8 Å². The van der Waals surface area contributed by atoms with Gasteiger partial charge in [0.15, 0.2) is 0 Å². The van der Waals surface area contributed by atoms with E-state index >= 15 is 0 Å². The van der Waals surface area contributed by atoms with Crippen LogP contribution in [0.25, 0.3) is 0 Å². The van der Waals surface area contributed by atoms with Gasteiger partial charge >= 0.3 is 16.5 Å². The Morgan fingerprint density at radius 1 is 1.14 bits per heavy atom. The van der Waals surface area contributed by atoms with Gasteiger partial charge in [0.1, 0.15) is 0 Å². The molecular formula is C5H17NO6P2. The van der Waals surface area contributed by atoms with Crippen molar-refractivity contribution in [3.63, 3.8) is 0 Å². The zero-order valence-corrected chi connectivity index (χ0v) is 10.1. The smallest absolute Gasteiger partial charge is 0.319 e. The van der Waals surface area contributed by atoms with Crippen LogP contribution in [0.4, 0.5) is 0 Å². The van der Waals surface area contributed by atoms with Gasteiger partial charge in [-0.3, -0.25) is 23.9 Å². The third-order valence-electron chi connectivity index (χ3n) is 0.934. The molecule has 0 fully saturated rings. The van der Waals surface area contributed by atoms with Gasteiger partial charge in [0.2, 0.25) is 6.41 Å². The predicted octanol–water partition coefficient (Wildman–Crippen LogP) is 0.832. The van der Waals surface area contributed by atoms with Crippen molar-refractivity contribution in [3.05, 3.63) is 0 Å². The second kappa shape index (κ2) is 11.3. The van der Waals surface area contributed by atoms with Gasteiger partial charge in [0, 0.05) is 0 Å². The second-order valence-corrected chi connectivity index (χ2v) is 3.67. The number of unbranched alkanes of at least 4 members (excludes halogenated alkanes) is 1. The quantitative estimate of drug-likeness (QED) is 0.487. The maximum atomic E-state index is 9.82. The van der Waals surface area contributed by atoms with Gasteiger partial charge in [-0.2, -0.15) is 0 Å². The van der Waals surface area contributed by atoms with Gasteiger partial charge in [0.25, 0.3) is 0 Å². The molecule has 0 saturated carbocycles. The monoisotopic (exact) mass is 249 g/mol. The summed E-state index contributed by atoms with van der Waals surface area (Å²) in [5, 5.41) is 0. The summed E-state index contributed by atoms with van der Waals surface area (Å²) in [6.07, 6.45) is 1.02. The van der Waals surface area contributed by atoms with Gasteiger partial charge in [-0.25, -0.2) is 0 Å². The predicted molar refractivity (Wildman–Crippen MR) is 53.2 cm³/mol. The molecule has 0 aromatic carbocycles. The highest BCUT2D eigenvalue weighted by molar-refractivity contribution is 7.32. The van der Waals surface area contributed by atoms with Crippen LogP contribution >= 0.6 is 16.5 Å². The minimum atomic E-state index is -3.21. The summed E-state index contributed by atoms with van der Waals surface area (Å²) in [5.41, 5.74) is 4.76. The van der Waals surface area contributed by atoms with Crippen molar-refractivity contribution in [2.24, 2.45) is 5.73 Å². The van der Waals surface area contributed by atoms with Gasteiger partial charge in [-0.1, -0.05) is 26.7 Å². The highest BCUT2D eigenvalue weighted by atomic mass is 31.1. The Labute approximate surface area is 84.1 Å². The molecule has 7 nitrogen and oxygen atoms in total. The summed E-state index contributed by atoms with van der Waals surface area (Å²) in [5.74, 6) is 0. The Morgan fingerprint density at radius 2 is 1.43 bits per heavy atom. The van der Waals surface area contributed by atoms with E-state index < -0.39 is 22.9 Å². The van der Waals surface area contributed by atoms with E-state index in [9.17, 15) is 9.13 Å². The molecule has 9 heteroatoms. The average Bonchev–Trinajstić information content (AvgIpc) is 2.01. The first-order valence-corrected chi connectivity index (χ1v) is 6.51. The van der Waals surface area contributed by atoms with Gasteiger partial charge in [-0.05, 0) is 0 Å². The summed E-state index contributed by atoms with van der Waals surface area (Å²) < 4.78 is 27.4. The zero-order chi connectivity index (χ0) is 11.6. The van der Waals surface area contributed by atoms with Crippen LogP contribution in [0.15, 0.2) is 0 Å². The van der Waals surface area contributed by atoms with Crippen LogP contribution in [0.2, 0.25) is 0 Å². The van der Waals surface area contributed by atoms with Crippen molar-refractivity contribution in [2.45, 2.75) is 33.1 Å². The van der Waals surface area contributed by atoms with E-state index in [0.29, 0.717) is 0 Å². The topological polar surface area (TPSA) is 119 Å². The Hall–Kier alpha value is 0.260. The Bertz CT molecular complexity index is 160. The molecule has 0 heterocycles. The van der Waals surface area contributed by atoms with E-state index in [1.54, 1.807) is 0 Å². The van der Waals surface area contributed by atoms with Crippen molar-refractivity contribution in [3.8, 4) is 0 Å². The summed E-state index contributed by atoms with van der Waals surface area (Å²) in [6, 6.07) is 0. The van der Waals surface area contributed by atoms with Gasteiger partial charge in [0.05, 0.1) is 0 Å². The molecule has 88 valence electrons. The van der Waals surface area contributed by atoms with Crippen LogP contribution in [-0.4, -0.2) is 16.2 Å². The molecule has 0 aromatic rings. The first-order valence-electron chi connectivity index (χ1n) is 3.98. The molecule has 0 aliphatic heterocycles. The Kier molecular flexibility index (Phi) is 13.5. The van der Waals surface area contributed by atoms with E-state index in [4.69, 9.17) is 15.5 Å². The summed E-state index contributed by atoms with van der Waals surface area (Å²) in [6.45, 7) is 4.36. The first kappa shape index (κ1) is 16.7. The van der Waals surface area contributed by atoms with Crippen molar-refractivity contribution < 1.29 is 28.0 Å². The minimum Gasteiger partial charge on any atom is -0.326 e. The number of nitrogens with two attached hydrogens (primary N) is 1. The fourth-order valence-corrected chi connectivity index (χ4v) is 0.813. The lowest BCUT2D eigenvalue weighted by molar-refractivity contribution is 0.00838. The maximum Gasteiger partial charge on any atom is 0.319 e. The molecule has 0 amide bonds. The summed E-state index contributed by atoms with van der Waals surface area (Å²) in [4.78, 5) is 16.1. The molecule has 2 unspecified atom stereocenters. The molecule has 0 saturated heterocycles. The second-order valence-electron chi connectivity index (χ2n) is 2.14. The minimum absolute atomic E-state index is 1.32. The lowest BCUT2D eigenvalue weighted by atomic mass is 10.4. The number of rotatable bonds is 5. The van der Waals surface area contributed by atoms with E-state index in [-0.39, 0.29) is 0 Å². The van der Waals surface area contributed by atoms with Crippen LogP contribution in [0, 0.1) is 0 Å². The van der Waals surface area contributed by atoms with Crippen molar-refractivity contribution in [1.29, 1.82) is 0 Å². The van der Waals surface area contributed by atoms with Crippen LogP contribution in [0.1, 0.15) is 26.7 Å². The lowest BCUT2D eigenvalue weighted by Crippen LogP contribution is -2.21. The molecular weight excluding hydrogens is 232 g/mol. The molecule has 0 rings (SSSR count). The molecule has 0 radical (unpaired) electrons. The molecule has 0 spiro atoms. The van der Waals surface area contributed by atoms with Crippen LogP contribution < -0.4 is 5.73 Å². The van der Waals surface area contributed by atoms with Crippen LogP contribution in [-0.2, 0) is 18.2 Å². The standard InChI is InChI=1S/C4H10.CH7NO6P2/c1-3-4-2;2-1(7-9(3)4)8-10(5)6/h3-4H2,1-2H3;1,9-10H,2H2,(H,3,4)(H,5,6). The van der Waals surface area contributed by atoms with E-state index in [0.717, 1.165) is 0 Å². The zero-order valence-electron chi connectivity index (χ0n) is 8.10. The molecule has 14 heavy (non-hydrogen) atoms. The third-order valence-corrected chi connectivity index (χ3v) is 1.80. The van der Waals surface area contributed by atoms with Crippen molar-refractivity contribution in [2.75, 3.05) is 0 Å². The first-order chi connectivity index (χ1) is 6.43. The lowest BCUT2D eigenvalue weighted by Gasteiger charge is -2.07. The molecule has 0 bridgehead atoms. The van der Waals surface area contributed by atoms with E-state index in [2.05, 4.69) is 22.9 Å². The number of hydrogen-bond donors (Lipinski definition) is 3. The third kappa shape index (κ3) is 18.1. The highest BCUT2D eigenvalue weighted by Gasteiger charge is 2.07.